The van der Waals surface area contributed by atoms with E-state index in [0.717, 1.165) is 37.7 Å². The number of hydrogen-bond acceptors (Lipinski definition) is 4. The lowest BCUT2D eigenvalue weighted by Crippen LogP contribution is -2.38. The van der Waals surface area contributed by atoms with Gasteiger partial charge in [-0.05, 0) is 18.9 Å². The first-order valence-electron chi connectivity index (χ1n) is 7.48. The lowest BCUT2D eigenvalue weighted by Gasteiger charge is -2.33. The van der Waals surface area contributed by atoms with Gasteiger partial charge in [-0.3, -0.25) is 4.90 Å². The van der Waals surface area contributed by atoms with Crippen LogP contribution < -0.4 is 0 Å². The van der Waals surface area contributed by atoms with Crippen LogP contribution in [-0.2, 0) is 24.3 Å². The van der Waals surface area contributed by atoms with Gasteiger partial charge in [-0.1, -0.05) is 30.3 Å². The quantitative estimate of drug-likeness (QED) is 0.843. The van der Waals surface area contributed by atoms with Crippen LogP contribution in [0.4, 0.5) is 0 Å². The van der Waals surface area contributed by atoms with Gasteiger partial charge < -0.3 is 9.30 Å². The Balaban J connectivity index is 1.66. The molecular weight excluding hydrogens is 264 g/mol. The summed E-state index contributed by atoms with van der Waals surface area (Å²) >= 11 is 0. The minimum atomic E-state index is 0.306. The van der Waals surface area contributed by atoms with E-state index in [9.17, 15) is 0 Å². The van der Waals surface area contributed by atoms with Gasteiger partial charge in [-0.2, -0.15) is 0 Å². The van der Waals surface area contributed by atoms with Crippen molar-refractivity contribution in [3.05, 3.63) is 47.5 Å². The van der Waals surface area contributed by atoms with Crippen LogP contribution in [0.2, 0.25) is 0 Å². The van der Waals surface area contributed by atoms with Crippen LogP contribution in [0.25, 0.3) is 0 Å². The predicted molar refractivity (Wildman–Crippen MR) is 80.9 cm³/mol. The molecule has 0 saturated heterocycles. The number of rotatable bonds is 5. The molecule has 5 heteroatoms. The zero-order chi connectivity index (χ0) is 14.7. The molecule has 1 aromatic heterocycles. The zero-order valence-electron chi connectivity index (χ0n) is 12.7. The average molecular weight is 286 g/mol. The first-order valence-corrected chi connectivity index (χ1v) is 7.48. The van der Waals surface area contributed by atoms with Gasteiger partial charge in [-0.25, -0.2) is 0 Å². The highest BCUT2D eigenvalue weighted by Gasteiger charge is 2.27. The highest BCUT2D eigenvalue weighted by Crippen LogP contribution is 2.24. The Morgan fingerprint density at radius 2 is 2.00 bits per heavy atom. The van der Waals surface area contributed by atoms with Crippen molar-refractivity contribution in [1.82, 2.24) is 19.7 Å². The van der Waals surface area contributed by atoms with E-state index in [0.29, 0.717) is 12.6 Å². The fraction of sp³-hybridized carbons (Fsp3) is 0.500. The lowest BCUT2D eigenvalue weighted by atomic mass is 10.1. The second kappa shape index (κ2) is 6.37. The lowest BCUT2D eigenvalue weighted by molar-refractivity contribution is 0.149. The van der Waals surface area contributed by atoms with Crippen LogP contribution in [-0.4, -0.2) is 39.9 Å². The average Bonchev–Trinajstić information content (AvgIpc) is 2.92. The highest BCUT2D eigenvalue weighted by molar-refractivity contribution is 5.15. The van der Waals surface area contributed by atoms with Crippen LogP contribution in [0, 0.1) is 0 Å². The number of fused-ring (bicyclic) bond motifs is 1. The zero-order valence-corrected chi connectivity index (χ0v) is 12.7. The van der Waals surface area contributed by atoms with Crippen molar-refractivity contribution in [2.75, 3.05) is 20.2 Å². The van der Waals surface area contributed by atoms with Gasteiger partial charge in [0, 0.05) is 26.7 Å². The van der Waals surface area contributed by atoms with Crippen LogP contribution in [0.15, 0.2) is 30.3 Å². The Kier molecular flexibility index (Phi) is 4.31. The summed E-state index contributed by atoms with van der Waals surface area (Å²) in [6, 6.07) is 10.9. The number of aromatic nitrogens is 3. The number of nitrogens with zero attached hydrogens (tertiary/aromatic N) is 4. The topological polar surface area (TPSA) is 43.2 Å². The standard InChI is InChI=1S/C16H22N4O/c1-13-16-18-17-15(12-21-2)20(16)11-10-19(13)9-8-14-6-4-3-5-7-14/h3-7,13H,8-12H2,1-2H3/t13-/m0/s1. The molecule has 2 aromatic rings. The first-order chi connectivity index (χ1) is 10.3. The Hall–Kier alpha value is -1.72. The fourth-order valence-electron chi connectivity index (χ4n) is 2.95. The highest BCUT2D eigenvalue weighted by atomic mass is 16.5. The van der Waals surface area contributed by atoms with E-state index in [2.05, 4.69) is 56.9 Å². The predicted octanol–water partition coefficient (Wildman–Crippen LogP) is 2.04. The molecule has 0 aliphatic carbocycles. The molecule has 0 amide bonds. The molecule has 2 heterocycles. The van der Waals surface area contributed by atoms with Crippen molar-refractivity contribution in [3.8, 4) is 0 Å². The Morgan fingerprint density at radius 1 is 1.19 bits per heavy atom. The van der Waals surface area contributed by atoms with Gasteiger partial charge in [-0.15, -0.1) is 10.2 Å². The van der Waals surface area contributed by atoms with E-state index in [1.165, 1.54) is 5.56 Å². The van der Waals surface area contributed by atoms with Crippen LogP contribution in [0.1, 0.15) is 30.2 Å². The first kappa shape index (κ1) is 14.2. The molecule has 1 atom stereocenters. The molecule has 0 spiro atoms. The number of ether oxygens (including phenoxy) is 1. The molecule has 0 saturated carbocycles. The van der Waals surface area contributed by atoms with Crippen LogP contribution in [0.3, 0.4) is 0 Å². The van der Waals surface area contributed by atoms with Crippen molar-refractivity contribution in [2.45, 2.75) is 32.5 Å². The van der Waals surface area contributed by atoms with Gasteiger partial charge in [0.05, 0.1) is 6.04 Å². The molecule has 3 rings (SSSR count). The minimum absolute atomic E-state index is 0.306. The third-order valence-corrected chi connectivity index (χ3v) is 4.19. The summed E-state index contributed by atoms with van der Waals surface area (Å²) in [5.74, 6) is 1.99. The number of benzene rings is 1. The van der Waals surface area contributed by atoms with Crippen molar-refractivity contribution in [2.24, 2.45) is 0 Å². The molecule has 0 N–H and O–H groups in total. The molecule has 0 bridgehead atoms. The van der Waals surface area contributed by atoms with Crippen molar-refractivity contribution in [3.63, 3.8) is 0 Å². The molecular formula is C16H22N4O. The largest absolute Gasteiger partial charge is 0.377 e. The monoisotopic (exact) mass is 286 g/mol. The van der Waals surface area contributed by atoms with E-state index in [1.54, 1.807) is 7.11 Å². The van der Waals surface area contributed by atoms with Gasteiger partial charge in [0.2, 0.25) is 0 Å². The van der Waals surface area contributed by atoms with E-state index < -0.39 is 0 Å². The Morgan fingerprint density at radius 3 is 2.76 bits per heavy atom. The SMILES string of the molecule is COCc1nnc2n1CCN(CCc1ccccc1)[C@H]2C. The number of hydrogen-bond donors (Lipinski definition) is 0. The second-order valence-electron chi connectivity index (χ2n) is 5.51. The van der Waals surface area contributed by atoms with Crippen molar-refractivity contribution >= 4 is 0 Å². The van der Waals surface area contributed by atoms with E-state index in [4.69, 9.17) is 4.74 Å². The smallest absolute Gasteiger partial charge is 0.159 e. The third-order valence-electron chi connectivity index (χ3n) is 4.19. The molecule has 5 nitrogen and oxygen atoms in total. The van der Waals surface area contributed by atoms with Crippen molar-refractivity contribution < 1.29 is 4.74 Å². The van der Waals surface area contributed by atoms with E-state index >= 15 is 0 Å². The van der Waals surface area contributed by atoms with Gasteiger partial charge in [0.1, 0.15) is 12.4 Å². The summed E-state index contributed by atoms with van der Waals surface area (Å²) in [5.41, 5.74) is 1.39. The summed E-state index contributed by atoms with van der Waals surface area (Å²) in [6.07, 6.45) is 1.07. The molecule has 21 heavy (non-hydrogen) atoms. The third kappa shape index (κ3) is 2.99. The Bertz CT molecular complexity index is 581. The summed E-state index contributed by atoms with van der Waals surface area (Å²) in [4.78, 5) is 2.48. The van der Waals surface area contributed by atoms with Crippen molar-refractivity contribution in [1.29, 1.82) is 0 Å². The van der Waals surface area contributed by atoms with Gasteiger partial charge in [0.15, 0.2) is 5.82 Å². The summed E-state index contributed by atoms with van der Waals surface area (Å²) in [5, 5.41) is 8.60. The summed E-state index contributed by atoms with van der Waals surface area (Å²) in [6.45, 7) is 5.78. The molecule has 0 unspecified atom stereocenters. The molecule has 0 fully saturated rings. The van der Waals surface area contributed by atoms with E-state index in [1.807, 2.05) is 0 Å². The van der Waals surface area contributed by atoms with Gasteiger partial charge >= 0.3 is 0 Å². The molecule has 0 radical (unpaired) electrons. The van der Waals surface area contributed by atoms with Gasteiger partial charge in [0.25, 0.3) is 0 Å². The maximum Gasteiger partial charge on any atom is 0.159 e. The molecule has 112 valence electrons. The molecule has 1 aliphatic rings. The molecule has 1 aromatic carbocycles. The Labute approximate surface area is 125 Å². The number of methoxy groups -OCH3 is 1. The van der Waals surface area contributed by atoms with Crippen LogP contribution in [0.5, 0.6) is 0 Å². The maximum absolute atomic E-state index is 5.18. The summed E-state index contributed by atoms with van der Waals surface area (Å²) in [7, 11) is 1.69. The van der Waals surface area contributed by atoms with Crippen LogP contribution >= 0.6 is 0 Å². The second-order valence-corrected chi connectivity index (χ2v) is 5.51. The molecule has 1 aliphatic heterocycles. The normalized spacial score (nSPS) is 18.7. The van der Waals surface area contributed by atoms with E-state index in [-0.39, 0.29) is 0 Å². The fourth-order valence-corrected chi connectivity index (χ4v) is 2.95. The maximum atomic E-state index is 5.18. The summed E-state index contributed by atoms with van der Waals surface area (Å²) < 4.78 is 7.38. The minimum Gasteiger partial charge on any atom is -0.377 e.